The molecule has 156 valence electrons. The molecule has 2 amide bonds. The van der Waals surface area contributed by atoms with Gasteiger partial charge in [-0.1, -0.05) is 43.7 Å². The first kappa shape index (κ1) is 22.0. The maximum atomic E-state index is 12.3. The smallest absolute Gasteiger partial charge is 0.407 e. The zero-order valence-corrected chi connectivity index (χ0v) is 17.4. The van der Waals surface area contributed by atoms with Crippen molar-refractivity contribution in [1.29, 1.82) is 0 Å². The van der Waals surface area contributed by atoms with Gasteiger partial charge in [0, 0.05) is 13.1 Å². The lowest BCUT2D eigenvalue weighted by Gasteiger charge is -2.24. The second-order valence-corrected chi connectivity index (χ2v) is 8.18. The first-order valence-electron chi connectivity index (χ1n) is 9.96. The molecule has 1 saturated heterocycles. The zero-order chi connectivity index (χ0) is 20.6. The molecule has 2 atom stereocenters. The summed E-state index contributed by atoms with van der Waals surface area (Å²) < 4.78 is 10.7. The molecule has 28 heavy (non-hydrogen) atoms. The van der Waals surface area contributed by atoms with Crippen LogP contribution in [0.1, 0.15) is 46.1 Å². The van der Waals surface area contributed by atoms with E-state index in [1.165, 1.54) is 0 Å². The van der Waals surface area contributed by atoms with E-state index in [1.807, 2.05) is 51.1 Å². The number of likely N-dealkylation sites (tertiary alicyclic amines) is 1. The van der Waals surface area contributed by atoms with E-state index in [2.05, 4.69) is 22.5 Å². The zero-order valence-electron chi connectivity index (χ0n) is 17.4. The maximum Gasteiger partial charge on any atom is 0.407 e. The summed E-state index contributed by atoms with van der Waals surface area (Å²) in [4.78, 5) is 26.7. The lowest BCUT2D eigenvalue weighted by molar-refractivity contribution is 0.0497. The minimum Gasteiger partial charge on any atom is -0.445 e. The summed E-state index contributed by atoms with van der Waals surface area (Å²) in [5.74, 6) is 0. The number of carbonyl (C=O) groups is 2. The molecule has 7 nitrogen and oxygen atoms in total. The Hall–Kier alpha value is -2.28. The van der Waals surface area contributed by atoms with Gasteiger partial charge < -0.3 is 20.1 Å². The van der Waals surface area contributed by atoms with Crippen LogP contribution in [0.2, 0.25) is 0 Å². The van der Waals surface area contributed by atoms with Crippen LogP contribution in [0.5, 0.6) is 0 Å². The van der Waals surface area contributed by atoms with Crippen LogP contribution in [-0.2, 0) is 16.1 Å². The fourth-order valence-electron chi connectivity index (χ4n) is 3.12. The van der Waals surface area contributed by atoms with E-state index in [9.17, 15) is 9.59 Å². The molecule has 0 saturated carbocycles. The van der Waals surface area contributed by atoms with Crippen molar-refractivity contribution in [2.45, 2.75) is 64.8 Å². The number of rotatable bonds is 7. The number of nitrogens with one attached hydrogen (secondary N) is 2. The molecule has 0 aromatic heterocycles. The number of hydrogen-bond donors (Lipinski definition) is 2. The molecule has 2 unspecified atom stereocenters. The van der Waals surface area contributed by atoms with E-state index in [0.29, 0.717) is 13.1 Å². The average Bonchev–Trinajstić information content (AvgIpc) is 2.98. The van der Waals surface area contributed by atoms with Gasteiger partial charge >= 0.3 is 12.2 Å². The number of alkyl carbamates (subject to hydrolysis) is 2. The lowest BCUT2D eigenvalue weighted by atomic mass is 10.2. The minimum absolute atomic E-state index is 0.211. The third-order valence-corrected chi connectivity index (χ3v) is 4.44. The molecule has 1 aromatic carbocycles. The fraction of sp³-hybridized carbons (Fsp3) is 0.619. The van der Waals surface area contributed by atoms with Crippen molar-refractivity contribution in [3.8, 4) is 0 Å². The van der Waals surface area contributed by atoms with Crippen molar-refractivity contribution >= 4 is 12.2 Å². The molecular weight excluding hydrogens is 358 g/mol. The highest BCUT2D eigenvalue weighted by atomic mass is 16.6. The standard InChI is InChI=1S/C21H33N3O4/c1-5-6-12-24-13-17(18(14-24)23-20(26)28-21(2,3)4)22-19(25)27-15-16-10-8-7-9-11-16/h7-11,17-18H,5-6,12-15H2,1-4H3,(H,22,25)(H,23,26). The van der Waals surface area contributed by atoms with Crippen LogP contribution in [-0.4, -0.2) is 54.4 Å². The van der Waals surface area contributed by atoms with E-state index in [1.54, 1.807) is 0 Å². The quantitative estimate of drug-likeness (QED) is 0.746. The minimum atomic E-state index is -0.567. The Morgan fingerprint density at radius 2 is 1.68 bits per heavy atom. The normalized spacial score (nSPS) is 19.9. The molecule has 1 aromatic rings. The molecule has 0 bridgehead atoms. The number of unbranched alkanes of at least 4 members (excludes halogenated alkanes) is 1. The molecule has 1 fully saturated rings. The summed E-state index contributed by atoms with van der Waals surface area (Å²) >= 11 is 0. The van der Waals surface area contributed by atoms with Crippen LogP contribution in [0.15, 0.2) is 30.3 Å². The lowest BCUT2D eigenvalue weighted by Crippen LogP contribution is -2.51. The van der Waals surface area contributed by atoms with E-state index >= 15 is 0 Å². The first-order chi connectivity index (χ1) is 13.3. The van der Waals surface area contributed by atoms with Crippen molar-refractivity contribution in [3.05, 3.63) is 35.9 Å². The number of hydrogen-bond acceptors (Lipinski definition) is 5. The number of carbonyl (C=O) groups excluding carboxylic acids is 2. The van der Waals surface area contributed by atoms with Crippen LogP contribution in [0, 0.1) is 0 Å². The van der Waals surface area contributed by atoms with Gasteiger partial charge in [-0.3, -0.25) is 4.90 Å². The van der Waals surface area contributed by atoms with Gasteiger partial charge in [-0.2, -0.15) is 0 Å². The van der Waals surface area contributed by atoms with Crippen LogP contribution in [0.3, 0.4) is 0 Å². The van der Waals surface area contributed by atoms with Crippen LogP contribution in [0.25, 0.3) is 0 Å². The van der Waals surface area contributed by atoms with E-state index < -0.39 is 17.8 Å². The molecule has 0 radical (unpaired) electrons. The molecule has 7 heteroatoms. The molecule has 1 aliphatic heterocycles. The van der Waals surface area contributed by atoms with Gasteiger partial charge in [0.1, 0.15) is 12.2 Å². The van der Waals surface area contributed by atoms with Crippen LogP contribution >= 0.6 is 0 Å². The summed E-state index contributed by atoms with van der Waals surface area (Å²) in [6.07, 6.45) is 1.21. The second-order valence-electron chi connectivity index (χ2n) is 8.18. The molecule has 0 aliphatic carbocycles. The Balaban J connectivity index is 1.90. The Morgan fingerprint density at radius 1 is 1.07 bits per heavy atom. The van der Waals surface area contributed by atoms with Crippen molar-refractivity contribution in [2.75, 3.05) is 19.6 Å². The second kappa shape index (κ2) is 10.3. The van der Waals surface area contributed by atoms with Gasteiger partial charge in [0.2, 0.25) is 0 Å². The summed E-state index contributed by atoms with van der Waals surface area (Å²) in [7, 11) is 0. The van der Waals surface area contributed by atoms with Gasteiger partial charge in [0.05, 0.1) is 12.1 Å². The van der Waals surface area contributed by atoms with Gasteiger partial charge in [0.25, 0.3) is 0 Å². The van der Waals surface area contributed by atoms with Crippen LogP contribution in [0.4, 0.5) is 9.59 Å². The van der Waals surface area contributed by atoms with Crippen molar-refractivity contribution in [3.63, 3.8) is 0 Å². The van der Waals surface area contributed by atoms with E-state index in [0.717, 1.165) is 24.9 Å². The largest absolute Gasteiger partial charge is 0.445 e. The predicted octanol–water partition coefficient (Wildman–Crippen LogP) is 3.29. The Labute approximate surface area is 167 Å². The van der Waals surface area contributed by atoms with Gasteiger partial charge in [-0.25, -0.2) is 9.59 Å². The Bertz CT molecular complexity index is 630. The number of benzene rings is 1. The van der Waals surface area contributed by atoms with Crippen molar-refractivity contribution in [2.24, 2.45) is 0 Å². The molecule has 2 rings (SSSR count). The predicted molar refractivity (Wildman–Crippen MR) is 108 cm³/mol. The van der Waals surface area contributed by atoms with Crippen molar-refractivity contribution < 1.29 is 19.1 Å². The molecule has 1 aliphatic rings. The summed E-state index contributed by atoms with van der Waals surface area (Å²) in [5.41, 5.74) is 0.361. The molecular formula is C21H33N3O4. The highest BCUT2D eigenvalue weighted by Gasteiger charge is 2.35. The summed E-state index contributed by atoms with van der Waals surface area (Å²) in [6.45, 7) is 10.1. The Kier molecular flexibility index (Phi) is 8.11. The molecule has 0 spiro atoms. The van der Waals surface area contributed by atoms with Crippen LogP contribution < -0.4 is 10.6 Å². The highest BCUT2D eigenvalue weighted by molar-refractivity contribution is 5.70. The Morgan fingerprint density at radius 3 is 2.25 bits per heavy atom. The SMILES string of the molecule is CCCCN1CC(NC(=O)OCc2ccccc2)C(NC(=O)OC(C)(C)C)C1. The third-order valence-electron chi connectivity index (χ3n) is 4.44. The monoisotopic (exact) mass is 391 g/mol. The van der Waals surface area contributed by atoms with Gasteiger partial charge in [-0.05, 0) is 39.3 Å². The summed E-state index contributed by atoms with van der Waals surface area (Å²) in [6, 6.07) is 9.08. The van der Waals surface area contributed by atoms with Gasteiger partial charge in [0.15, 0.2) is 0 Å². The third kappa shape index (κ3) is 7.76. The highest BCUT2D eigenvalue weighted by Crippen LogP contribution is 2.14. The number of nitrogens with zero attached hydrogens (tertiary/aromatic N) is 1. The first-order valence-corrected chi connectivity index (χ1v) is 9.96. The number of amides is 2. The molecule has 1 heterocycles. The van der Waals surface area contributed by atoms with Crippen molar-refractivity contribution in [1.82, 2.24) is 15.5 Å². The molecule has 2 N–H and O–H groups in total. The number of ether oxygens (including phenoxy) is 2. The van der Waals surface area contributed by atoms with E-state index in [-0.39, 0.29) is 18.7 Å². The topological polar surface area (TPSA) is 79.9 Å². The fourth-order valence-corrected chi connectivity index (χ4v) is 3.12. The van der Waals surface area contributed by atoms with E-state index in [4.69, 9.17) is 9.47 Å². The van der Waals surface area contributed by atoms with Gasteiger partial charge in [-0.15, -0.1) is 0 Å². The average molecular weight is 392 g/mol. The summed E-state index contributed by atoms with van der Waals surface area (Å²) in [5, 5.41) is 5.80. The maximum absolute atomic E-state index is 12.3.